The third-order valence-electron chi connectivity index (χ3n) is 3.35. The number of carbonyl (C=O) groups excluding carboxylic acids is 2. The highest BCUT2D eigenvalue weighted by molar-refractivity contribution is 6.35. The first-order valence-electron chi connectivity index (χ1n) is 6.98. The van der Waals surface area contributed by atoms with Crippen LogP contribution in [-0.4, -0.2) is 26.6 Å². The lowest BCUT2D eigenvalue weighted by atomic mass is 10.2. The molecule has 0 bridgehead atoms. The monoisotopic (exact) mass is 353 g/mol. The van der Waals surface area contributed by atoms with Gasteiger partial charge in [-0.2, -0.15) is 10.1 Å². The molecule has 120 valence electrons. The summed E-state index contributed by atoms with van der Waals surface area (Å²) in [6.07, 6.45) is 0.589. The fourth-order valence-corrected chi connectivity index (χ4v) is 2.84. The van der Waals surface area contributed by atoms with Crippen molar-refractivity contribution in [2.24, 2.45) is 0 Å². The lowest BCUT2D eigenvalue weighted by Crippen LogP contribution is -2.24. The molecule has 1 aliphatic heterocycles. The minimum Gasteiger partial charge on any atom is -0.326 e. The summed E-state index contributed by atoms with van der Waals surface area (Å²) in [6, 6.07) is 4.01. The predicted octanol–water partition coefficient (Wildman–Crippen LogP) is 2.67. The average Bonchev–Trinajstić information content (AvgIpc) is 2.97. The van der Waals surface area contributed by atoms with Crippen molar-refractivity contribution in [1.82, 2.24) is 14.8 Å². The van der Waals surface area contributed by atoms with Crippen LogP contribution < -0.4 is 10.6 Å². The number of anilines is 2. The first-order chi connectivity index (χ1) is 11.0. The van der Waals surface area contributed by atoms with Crippen molar-refractivity contribution in [3.63, 3.8) is 0 Å². The van der Waals surface area contributed by atoms with E-state index in [9.17, 15) is 9.59 Å². The normalized spacial score (nSPS) is 16.1. The molecule has 0 saturated carbocycles. The van der Waals surface area contributed by atoms with Crippen LogP contribution in [0.3, 0.4) is 0 Å². The fraction of sp³-hybridized carbons (Fsp3) is 0.286. The number of aryl methyl sites for hydroxylation is 1. The molecule has 3 rings (SSSR count). The molecule has 9 heteroatoms. The van der Waals surface area contributed by atoms with Crippen LogP contribution >= 0.6 is 23.2 Å². The zero-order valence-corrected chi connectivity index (χ0v) is 13.6. The molecule has 2 heterocycles. The molecule has 0 unspecified atom stereocenters. The van der Waals surface area contributed by atoms with Gasteiger partial charge in [-0.05, 0) is 18.2 Å². The maximum absolute atomic E-state index is 12.2. The van der Waals surface area contributed by atoms with Crippen LogP contribution in [0.5, 0.6) is 0 Å². The van der Waals surface area contributed by atoms with Crippen LogP contribution in [0.4, 0.5) is 11.6 Å². The van der Waals surface area contributed by atoms with Crippen LogP contribution in [0.1, 0.15) is 25.2 Å². The molecule has 1 aromatic heterocycles. The van der Waals surface area contributed by atoms with E-state index in [0.717, 1.165) is 0 Å². The van der Waals surface area contributed by atoms with Crippen molar-refractivity contribution in [3.05, 3.63) is 34.1 Å². The second-order valence-electron chi connectivity index (χ2n) is 5.07. The van der Waals surface area contributed by atoms with Crippen LogP contribution in [0.2, 0.25) is 10.0 Å². The summed E-state index contributed by atoms with van der Waals surface area (Å²) in [4.78, 5) is 28.3. The van der Waals surface area contributed by atoms with Gasteiger partial charge in [0, 0.05) is 22.2 Å². The van der Waals surface area contributed by atoms with Gasteiger partial charge >= 0.3 is 0 Å². The van der Waals surface area contributed by atoms with Gasteiger partial charge in [-0.15, -0.1) is 0 Å². The van der Waals surface area contributed by atoms with E-state index >= 15 is 0 Å². The summed E-state index contributed by atoms with van der Waals surface area (Å²) >= 11 is 11.8. The molecule has 2 aromatic rings. The quantitative estimate of drug-likeness (QED) is 0.884. The van der Waals surface area contributed by atoms with Crippen molar-refractivity contribution in [2.45, 2.75) is 25.8 Å². The Morgan fingerprint density at radius 1 is 1.35 bits per heavy atom. The van der Waals surface area contributed by atoms with E-state index in [0.29, 0.717) is 33.9 Å². The molecule has 2 N–H and O–H groups in total. The molecule has 2 amide bonds. The molecule has 1 aliphatic rings. The molecular formula is C14H13Cl2N5O2. The number of carbonyl (C=O) groups is 2. The van der Waals surface area contributed by atoms with Gasteiger partial charge in [-0.1, -0.05) is 30.1 Å². The zero-order chi connectivity index (χ0) is 16.6. The molecule has 1 atom stereocenters. The smallest absolute Gasteiger partial charge is 0.252 e. The second kappa shape index (κ2) is 6.17. The maximum Gasteiger partial charge on any atom is 0.252 e. The number of amides is 2. The van der Waals surface area contributed by atoms with Crippen LogP contribution in [0.25, 0.3) is 0 Å². The van der Waals surface area contributed by atoms with Crippen LogP contribution in [-0.2, 0) is 16.0 Å². The molecule has 1 aromatic carbocycles. The number of nitrogens with zero attached hydrogens (tertiary/aromatic N) is 3. The fourth-order valence-electron chi connectivity index (χ4n) is 2.32. The highest BCUT2D eigenvalue weighted by atomic mass is 35.5. The van der Waals surface area contributed by atoms with Gasteiger partial charge in [0.2, 0.25) is 11.9 Å². The Labute approximate surface area is 142 Å². The Kier molecular flexibility index (Phi) is 4.23. The zero-order valence-electron chi connectivity index (χ0n) is 12.1. The predicted molar refractivity (Wildman–Crippen MR) is 86.8 cm³/mol. The summed E-state index contributed by atoms with van der Waals surface area (Å²) in [6.45, 7) is 1.91. The van der Waals surface area contributed by atoms with E-state index in [1.54, 1.807) is 18.2 Å². The molecule has 7 nitrogen and oxygen atoms in total. The number of halogens is 2. The Balaban J connectivity index is 1.73. The molecule has 0 radical (unpaired) electrons. The number of hydrogen-bond acceptors (Lipinski definition) is 4. The first kappa shape index (κ1) is 15.8. The van der Waals surface area contributed by atoms with Gasteiger partial charge in [0.05, 0.1) is 6.42 Å². The van der Waals surface area contributed by atoms with E-state index in [4.69, 9.17) is 23.2 Å². The van der Waals surface area contributed by atoms with Crippen molar-refractivity contribution in [2.75, 3.05) is 10.6 Å². The minimum atomic E-state index is -0.715. The highest BCUT2D eigenvalue weighted by Gasteiger charge is 2.34. The third kappa shape index (κ3) is 3.30. The molecule has 0 saturated heterocycles. The van der Waals surface area contributed by atoms with E-state index in [-0.39, 0.29) is 18.2 Å². The van der Waals surface area contributed by atoms with Crippen LogP contribution in [0, 0.1) is 0 Å². The lowest BCUT2D eigenvalue weighted by molar-refractivity contribution is -0.123. The number of hydrogen-bond donors (Lipinski definition) is 2. The summed E-state index contributed by atoms with van der Waals surface area (Å²) in [5.74, 6) is 0.342. The average molecular weight is 354 g/mol. The Morgan fingerprint density at radius 2 is 2.04 bits per heavy atom. The van der Waals surface area contributed by atoms with Gasteiger partial charge in [-0.25, -0.2) is 4.68 Å². The van der Waals surface area contributed by atoms with Gasteiger partial charge < -0.3 is 5.32 Å². The topological polar surface area (TPSA) is 88.9 Å². The van der Waals surface area contributed by atoms with Crippen molar-refractivity contribution >= 4 is 46.7 Å². The van der Waals surface area contributed by atoms with Gasteiger partial charge in [0.25, 0.3) is 5.91 Å². The minimum absolute atomic E-state index is 0.0600. The maximum atomic E-state index is 12.2. The second-order valence-corrected chi connectivity index (χ2v) is 5.94. The molecule has 23 heavy (non-hydrogen) atoms. The summed E-state index contributed by atoms with van der Waals surface area (Å²) in [5, 5.41) is 10.3. The SMILES string of the molecule is CCc1nc2n(n1)[C@H](CC(=O)Nc1cc(Cl)cc(Cl)c1)C(=O)N2. The summed E-state index contributed by atoms with van der Waals surface area (Å²) in [7, 11) is 0. The Morgan fingerprint density at radius 3 is 2.70 bits per heavy atom. The molecule has 0 spiro atoms. The highest BCUT2D eigenvalue weighted by Crippen LogP contribution is 2.26. The Hall–Kier alpha value is -2.12. The van der Waals surface area contributed by atoms with Crippen molar-refractivity contribution in [1.29, 1.82) is 0 Å². The summed E-state index contributed by atoms with van der Waals surface area (Å²) in [5.41, 5.74) is 0.471. The standard InChI is InChI=1S/C14H13Cl2N5O2/c1-2-11-18-14-19-13(23)10(21(14)20-11)6-12(22)17-9-4-7(15)3-8(16)5-9/h3-5,10H,2,6H2,1H3,(H,17,22)(H,18,19,20,23)/t10-/m1/s1. The third-order valence-corrected chi connectivity index (χ3v) is 3.79. The number of benzene rings is 1. The molecule has 0 fully saturated rings. The lowest BCUT2D eigenvalue weighted by Gasteiger charge is -2.10. The van der Waals surface area contributed by atoms with E-state index < -0.39 is 6.04 Å². The first-order valence-corrected chi connectivity index (χ1v) is 7.74. The number of aromatic nitrogens is 3. The largest absolute Gasteiger partial charge is 0.326 e. The van der Waals surface area contributed by atoms with Crippen molar-refractivity contribution in [3.8, 4) is 0 Å². The molecule has 0 aliphatic carbocycles. The van der Waals surface area contributed by atoms with E-state index in [1.165, 1.54) is 4.68 Å². The van der Waals surface area contributed by atoms with E-state index in [2.05, 4.69) is 20.7 Å². The molecular weight excluding hydrogens is 341 g/mol. The van der Waals surface area contributed by atoms with Gasteiger partial charge in [0.1, 0.15) is 6.04 Å². The number of fused-ring (bicyclic) bond motifs is 1. The van der Waals surface area contributed by atoms with Crippen LogP contribution in [0.15, 0.2) is 18.2 Å². The number of rotatable bonds is 4. The van der Waals surface area contributed by atoms with E-state index in [1.807, 2.05) is 6.92 Å². The van der Waals surface area contributed by atoms with Gasteiger partial charge in [-0.3, -0.25) is 14.9 Å². The summed E-state index contributed by atoms with van der Waals surface area (Å²) < 4.78 is 1.45. The van der Waals surface area contributed by atoms with Crippen molar-refractivity contribution < 1.29 is 9.59 Å². The number of nitrogens with one attached hydrogen (secondary N) is 2. The van der Waals surface area contributed by atoms with Gasteiger partial charge in [0.15, 0.2) is 5.82 Å². The Bertz CT molecular complexity index is 769.